The number of amides is 2. The van der Waals surface area contributed by atoms with Gasteiger partial charge in [0.25, 0.3) is 5.91 Å². The minimum atomic E-state index is -0.594. The van der Waals surface area contributed by atoms with Gasteiger partial charge < -0.3 is 15.4 Å². The molecule has 0 saturated carbocycles. The SMILES string of the molecule is COC(=O)c1cc(NC(=O)c2cccc(NC(C)=O)c2)ccc1Cl. The van der Waals surface area contributed by atoms with Crippen molar-refractivity contribution in [3.05, 3.63) is 58.6 Å². The molecule has 0 aliphatic carbocycles. The van der Waals surface area contributed by atoms with Gasteiger partial charge in [-0.05, 0) is 36.4 Å². The van der Waals surface area contributed by atoms with Crippen molar-refractivity contribution in [2.45, 2.75) is 6.92 Å². The molecule has 0 heterocycles. The van der Waals surface area contributed by atoms with Crippen LogP contribution in [-0.4, -0.2) is 24.9 Å². The molecule has 0 bridgehead atoms. The third-order valence-corrected chi connectivity index (χ3v) is 3.40. The molecule has 0 fully saturated rings. The summed E-state index contributed by atoms with van der Waals surface area (Å²) in [7, 11) is 1.25. The monoisotopic (exact) mass is 346 g/mol. The Balaban J connectivity index is 2.21. The van der Waals surface area contributed by atoms with E-state index in [9.17, 15) is 14.4 Å². The number of hydrogen-bond acceptors (Lipinski definition) is 4. The summed E-state index contributed by atoms with van der Waals surface area (Å²) in [4.78, 5) is 35.0. The van der Waals surface area contributed by atoms with Crippen LogP contribution in [0.4, 0.5) is 11.4 Å². The van der Waals surface area contributed by atoms with Crippen LogP contribution in [0.3, 0.4) is 0 Å². The van der Waals surface area contributed by atoms with E-state index in [4.69, 9.17) is 11.6 Å². The van der Waals surface area contributed by atoms with E-state index in [1.807, 2.05) is 0 Å². The van der Waals surface area contributed by atoms with Gasteiger partial charge in [0, 0.05) is 23.9 Å². The van der Waals surface area contributed by atoms with Crippen LogP contribution in [0.2, 0.25) is 5.02 Å². The van der Waals surface area contributed by atoms with Gasteiger partial charge in [-0.3, -0.25) is 9.59 Å². The highest BCUT2D eigenvalue weighted by molar-refractivity contribution is 6.33. The van der Waals surface area contributed by atoms with E-state index in [1.54, 1.807) is 30.3 Å². The minimum absolute atomic E-state index is 0.156. The Bertz CT molecular complexity index is 805. The first-order valence-electron chi connectivity index (χ1n) is 6.97. The molecule has 6 nitrogen and oxygen atoms in total. The van der Waals surface area contributed by atoms with Crippen molar-refractivity contribution < 1.29 is 19.1 Å². The number of carbonyl (C=O) groups is 3. The van der Waals surface area contributed by atoms with Crippen LogP contribution in [0.1, 0.15) is 27.6 Å². The lowest BCUT2D eigenvalue weighted by Crippen LogP contribution is -2.14. The van der Waals surface area contributed by atoms with Gasteiger partial charge in [-0.15, -0.1) is 0 Å². The maximum absolute atomic E-state index is 12.3. The second-order valence-corrected chi connectivity index (χ2v) is 5.31. The van der Waals surface area contributed by atoms with Gasteiger partial charge in [0.15, 0.2) is 0 Å². The maximum atomic E-state index is 12.3. The van der Waals surface area contributed by atoms with Crippen LogP contribution in [0, 0.1) is 0 Å². The molecule has 0 saturated heterocycles. The average Bonchev–Trinajstić information content (AvgIpc) is 2.55. The Morgan fingerprint density at radius 1 is 1.00 bits per heavy atom. The fraction of sp³-hybridized carbons (Fsp3) is 0.118. The summed E-state index contributed by atoms with van der Waals surface area (Å²) in [6.45, 7) is 1.38. The Morgan fingerprint density at radius 3 is 2.38 bits per heavy atom. The average molecular weight is 347 g/mol. The molecule has 0 aliphatic rings. The maximum Gasteiger partial charge on any atom is 0.339 e. The van der Waals surface area contributed by atoms with Crippen molar-refractivity contribution in [3.63, 3.8) is 0 Å². The van der Waals surface area contributed by atoms with Gasteiger partial charge in [-0.1, -0.05) is 17.7 Å². The minimum Gasteiger partial charge on any atom is -0.465 e. The lowest BCUT2D eigenvalue weighted by molar-refractivity contribution is -0.114. The molecule has 2 amide bonds. The summed E-state index contributed by atoms with van der Waals surface area (Å²) in [5.41, 5.74) is 1.43. The predicted molar refractivity (Wildman–Crippen MR) is 91.5 cm³/mol. The summed E-state index contributed by atoms with van der Waals surface area (Å²) >= 11 is 5.94. The Labute approximate surface area is 143 Å². The second-order valence-electron chi connectivity index (χ2n) is 4.90. The lowest BCUT2D eigenvalue weighted by atomic mass is 10.1. The molecule has 2 N–H and O–H groups in total. The lowest BCUT2D eigenvalue weighted by Gasteiger charge is -2.09. The molecule has 24 heavy (non-hydrogen) atoms. The van der Waals surface area contributed by atoms with Gasteiger partial charge >= 0.3 is 5.97 Å². The number of halogens is 1. The standard InChI is InChI=1S/C17H15ClN2O4/c1-10(21)19-12-5-3-4-11(8-12)16(22)20-13-6-7-15(18)14(9-13)17(23)24-2/h3-9H,1-2H3,(H,19,21)(H,20,22). The first-order valence-corrected chi connectivity index (χ1v) is 7.35. The number of esters is 1. The molecule has 124 valence electrons. The topological polar surface area (TPSA) is 84.5 Å². The fourth-order valence-electron chi connectivity index (χ4n) is 2.01. The third kappa shape index (κ3) is 4.33. The quantitative estimate of drug-likeness (QED) is 0.831. The normalized spacial score (nSPS) is 9.96. The highest BCUT2D eigenvalue weighted by Gasteiger charge is 2.13. The zero-order chi connectivity index (χ0) is 17.7. The van der Waals surface area contributed by atoms with Crippen molar-refractivity contribution in [3.8, 4) is 0 Å². The van der Waals surface area contributed by atoms with Gasteiger partial charge in [0.1, 0.15) is 0 Å². The summed E-state index contributed by atoms with van der Waals surface area (Å²) < 4.78 is 4.64. The number of rotatable bonds is 4. The number of methoxy groups -OCH3 is 1. The highest BCUT2D eigenvalue weighted by atomic mass is 35.5. The summed E-state index contributed by atoms with van der Waals surface area (Å²) in [6, 6.07) is 11.0. The number of carbonyl (C=O) groups excluding carboxylic acids is 3. The molecule has 0 atom stereocenters. The van der Waals surface area contributed by atoms with E-state index in [2.05, 4.69) is 15.4 Å². The number of anilines is 2. The van der Waals surface area contributed by atoms with E-state index in [1.165, 1.54) is 26.2 Å². The first-order chi connectivity index (χ1) is 11.4. The molecule has 2 rings (SSSR count). The van der Waals surface area contributed by atoms with E-state index in [0.717, 1.165) is 0 Å². The van der Waals surface area contributed by atoms with Gasteiger partial charge in [0.05, 0.1) is 17.7 Å². The largest absolute Gasteiger partial charge is 0.465 e. The summed E-state index contributed by atoms with van der Waals surface area (Å²) in [6.07, 6.45) is 0. The van der Waals surface area contributed by atoms with Crippen molar-refractivity contribution in [1.29, 1.82) is 0 Å². The van der Waals surface area contributed by atoms with E-state index in [-0.39, 0.29) is 22.4 Å². The van der Waals surface area contributed by atoms with Crippen molar-refractivity contribution >= 4 is 40.8 Å². The molecular weight excluding hydrogens is 332 g/mol. The molecule has 0 radical (unpaired) electrons. The molecule has 2 aromatic rings. The first kappa shape index (κ1) is 17.5. The second kappa shape index (κ2) is 7.61. The molecular formula is C17H15ClN2O4. The zero-order valence-corrected chi connectivity index (χ0v) is 13.8. The van der Waals surface area contributed by atoms with Crippen LogP contribution >= 0.6 is 11.6 Å². The Hall–Kier alpha value is -2.86. The molecule has 0 unspecified atom stereocenters. The smallest absolute Gasteiger partial charge is 0.339 e. The van der Waals surface area contributed by atoms with E-state index >= 15 is 0 Å². The van der Waals surface area contributed by atoms with Crippen molar-refractivity contribution in [2.75, 3.05) is 17.7 Å². The van der Waals surface area contributed by atoms with Gasteiger partial charge in [0.2, 0.25) is 5.91 Å². The number of ether oxygens (including phenoxy) is 1. The van der Waals surface area contributed by atoms with Crippen LogP contribution in [0.5, 0.6) is 0 Å². The van der Waals surface area contributed by atoms with Crippen LogP contribution < -0.4 is 10.6 Å². The van der Waals surface area contributed by atoms with Crippen LogP contribution in [-0.2, 0) is 9.53 Å². The molecule has 0 spiro atoms. The third-order valence-electron chi connectivity index (χ3n) is 3.07. The van der Waals surface area contributed by atoms with Crippen molar-refractivity contribution in [1.82, 2.24) is 0 Å². The van der Waals surface area contributed by atoms with Crippen molar-refractivity contribution in [2.24, 2.45) is 0 Å². The Morgan fingerprint density at radius 2 is 1.71 bits per heavy atom. The van der Waals surface area contributed by atoms with Gasteiger partial charge in [-0.2, -0.15) is 0 Å². The van der Waals surface area contributed by atoms with Gasteiger partial charge in [-0.25, -0.2) is 4.79 Å². The molecule has 0 aromatic heterocycles. The molecule has 7 heteroatoms. The predicted octanol–water partition coefficient (Wildman–Crippen LogP) is 3.34. The van der Waals surface area contributed by atoms with E-state index in [0.29, 0.717) is 16.9 Å². The summed E-state index contributed by atoms with van der Waals surface area (Å²) in [5.74, 6) is -1.21. The Kier molecular flexibility index (Phi) is 5.55. The number of nitrogens with one attached hydrogen (secondary N) is 2. The summed E-state index contributed by atoms with van der Waals surface area (Å²) in [5, 5.41) is 5.50. The fourth-order valence-corrected chi connectivity index (χ4v) is 2.21. The number of hydrogen-bond donors (Lipinski definition) is 2. The molecule has 0 aliphatic heterocycles. The van der Waals surface area contributed by atoms with E-state index < -0.39 is 5.97 Å². The van der Waals surface area contributed by atoms with Crippen LogP contribution in [0.15, 0.2) is 42.5 Å². The molecule has 2 aromatic carbocycles. The number of benzene rings is 2. The zero-order valence-electron chi connectivity index (χ0n) is 13.1. The van der Waals surface area contributed by atoms with Crippen LogP contribution in [0.25, 0.3) is 0 Å². The highest BCUT2D eigenvalue weighted by Crippen LogP contribution is 2.22.